The molecule has 1 aromatic rings. The van der Waals surface area contributed by atoms with Gasteiger partial charge in [-0.25, -0.2) is 4.98 Å². The van der Waals surface area contributed by atoms with E-state index >= 15 is 0 Å². The summed E-state index contributed by atoms with van der Waals surface area (Å²) in [7, 11) is 0. The standard InChI is InChI=1S/C18H19ClF3N3O/c1-11-3-4-15(19)14(16(23)5-11)9-24-7-13-6-12(2)17(25-8-13)26-10-18(20,21)22/h4-6,8-9,23-24H,3,7,10H2,1-2H3/b14-9-,23-16?. The molecule has 0 fully saturated rings. The van der Waals surface area contributed by atoms with Gasteiger partial charge in [0.15, 0.2) is 6.61 Å². The average molecular weight is 386 g/mol. The Kier molecular flexibility index (Phi) is 6.47. The summed E-state index contributed by atoms with van der Waals surface area (Å²) in [6, 6.07) is 1.70. The summed E-state index contributed by atoms with van der Waals surface area (Å²) >= 11 is 6.20. The van der Waals surface area contributed by atoms with E-state index in [1.807, 2.05) is 13.0 Å². The minimum Gasteiger partial charge on any atom is -0.468 e. The summed E-state index contributed by atoms with van der Waals surface area (Å²) in [5, 5.41) is 11.6. The van der Waals surface area contributed by atoms with Crippen LogP contribution in [0.3, 0.4) is 0 Å². The smallest absolute Gasteiger partial charge is 0.422 e. The highest BCUT2D eigenvalue weighted by Gasteiger charge is 2.28. The molecule has 1 heterocycles. The van der Waals surface area contributed by atoms with Crippen LogP contribution in [0.5, 0.6) is 5.88 Å². The first kappa shape index (κ1) is 20.0. The molecule has 140 valence electrons. The molecule has 0 atom stereocenters. The fourth-order valence-corrected chi connectivity index (χ4v) is 2.54. The van der Waals surface area contributed by atoms with E-state index in [2.05, 4.69) is 15.0 Å². The SMILES string of the molecule is CC1=CC(=N)/C(=C\NCc2cnc(OCC(F)(F)F)c(C)c2)C(Cl)=CC1. The predicted molar refractivity (Wildman–Crippen MR) is 95.5 cm³/mol. The van der Waals surface area contributed by atoms with E-state index in [1.54, 1.807) is 25.3 Å². The second-order valence-electron chi connectivity index (χ2n) is 5.97. The fraction of sp³-hybridized carbons (Fsp3) is 0.333. The normalized spacial score (nSPS) is 16.8. The quantitative estimate of drug-likeness (QED) is 0.765. The van der Waals surface area contributed by atoms with E-state index in [0.717, 1.165) is 11.1 Å². The maximum Gasteiger partial charge on any atom is 0.422 e. The van der Waals surface area contributed by atoms with Gasteiger partial charge in [-0.2, -0.15) is 13.2 Å². The lowest BCUT2D eigenvalue weighted by molar-refractivity contribution is -0.154. The largest absolute Gasteiger partial charge is 0.468 e. The zero-order valence-electron chi connectivity index (χ0n) is 14.4. The Morgan fingerprint density at radius 2 is 2.12 bits per heavy atom. The van der Waals surface area contributed by atoms with Gasteiger partial charge in [-0.1, -0.05) is 23.3 Å². The maximum atomic E-state index is 12.2. The topological polar surface area (TPSA) is 58.0 Å². The fourth-order valence-electron chi connectivity index (χ4n) is 2.31. The van der Waals surface area contributed by atoms with Crippen LogP contribution in [0.4, 0.5) is 13.2 Å². The molecule has 0 aliphatic heterocycles. The van der Waals surface area contributed by atoms with E-state index in [1.165, 1.54) is 6.20 Å². The van der Waals surface area contributed by atoms with Crippen LogP contribution in [-0.2, 0) is 6.54 Å². The van der Waals surface area contributed by atoms with Crippen molar-refractivity contribution >= 4 is 17.3 Å². The number of allylic oxidation sites excluding steroid dienone is 5. The molecule has 0 spiro atoms. The van der Waals surface area contributed by atoms with Crippen molar-refractivity contribution < 1.29 is 17.9 Å². The summed E-state index contributed by atoms with van der Waals surface area (Å²) in [6.07, 6.45) is 3.01. The number of rotatable bonds is 5. The highest BCUT2D eigenvalue weighted by Crippen LogP contribution is 2.23. The van der Waals surface area contributed by atoms with Crippen LogP contribution in [-0.4, -0.2) is 23.5 Å². The lowest BCUT2D eigenvalue weighted by Crippen LogP contribution is -2.20. The molecule has 4 nitrogen and oxygen atoms in total. The van der Waals surface area contributed by atoms with Crippen molar-refractivity contribution in [2.45, 2.75) is 33.0 Å². The summed E-state index contributed by atoms with van der Waals surface area (Å²) in [5.74, 6) is -0.0402. The lowest BCUT2D eigenvalue weighted by atomic mass is 10.1. The molecule has 0 aromatic carbocycles. The molecule has 0 bridgehead atoms. The lowest BCUT2D eigenvalue weighted by Gasteiger charge is -2.11. The molecule has 0 saturated carbocycles. The molecule has 0 amide bonds. The number of aryl methyl sites for hydroxylation is 1. The third-order valence-corrected chi connectivity index (χ3v) is 3.91. The molecule has 0 radical (unpaired) electrons. The van der Waals surface area contributed by atoms with Crippen molar-refractivity contribution in [1.29, 1.82) is 5.41 Å². The van der Waals surface area contributed by atoms with E-state index < -0.39 is 12.8 Å². The number of halogens is 4. The van der Waals surface area contributed by atoms with Crippen molar-refractivity contribution in [3.63, 3.8) is 0 Å². The van der Waals surface area contributed by atoms with Crippen LogP contribution >= 0.6 is 11.6 Å². The number of nitrogens with zero attached hydrogens (tertiary/aromatic N) is 1. The molecule has 1 aliphatic rings. The Balaban J connectivity index is 2.01. The minimum atomic E-state index is -4.40. The van der Waals surface area contributed by atoms with Crippen molar-refractivity contribution in [1.82, 2.24) is 10.3 Å². The highest BCUT2D eigenvalue weighted by atomic mass is 35.5. The molecule has 1 aromatic heterocycles. The molecule has 26 heavy (non-hydrogen) atoms. The number of nitrogens with one attached hydrogen (secondary N) is 2. The van der Waals surface area contributed by atoms with Gasteiger partial charge in [0.05, 0.1) is 5.71 Å². The van der Waals surface area contributed by atoms with Crippen LogP contribution in [0, 0.1) is 12.3 Å². The van der Waals surface area contributed by atoms with Gasteiger partial charge in [0.2, 0.25) is 5.88 Å². The number of ether oxygens (including phenoxy) is 1. The third-order valence-electron chi connectivity index (χ3n) is 3.55. The zero-order chi connectivity index (χ0) is 19.3. The van der Waals surface area contributed by atoms with E-state index in [-0.39, 0.29) is 5.88 Å². The van der Waals surface area contributed by atoms with Crippen LogP contribution < -0.4 is 10.1 Å². The van der Waals surface area contributed by atoms with Crippen LogP contribution in [0.15, 0.2) is 46.8 Å². The second-order valence-corrected chi connectivity index (χ2v) is 6.38. The number of alkyl halides is 3. The first-order valence-electron chi connectivity index (χ1n) is 7.86. The van der Waals surface area contributed by atoms with Crippen molar-refractivity contribution in [3.8, 4) is 5.88 Å². The predicted octanol–water partition coefficient (Wildman–Crippen LogP) is 4.80. The first-order valence-corrected chi connectivity index (χ1v) is 8.24. The van der Waals surface area contributed by atoms with Gasteiger partial charge >= 0.3 is 6.18 Å². The summed E-state index contributed by atoms with van der Waals surface area (Å²) in [4.78, 5) is 3.93. The van der Waals surface area contributed by atoms with Gasteiger partial charge in [0, 0.05) is 35.1 Å². The maximum absolute atomic E-state index is 12.2. The Bertz CT molecular complexity index is 782. The van der Waals surface area contributed by atoms with Gasteiger partial charge in [0.25, 0.3) is 0 Å². The monoisotopic (exact) mass is 385 g/mol. The highest BCUT2D eigenvalue weighted by molar-refractivity contribution is 6.36. The molecule has 2 N–H and O–H groups in total. The minimum absolute atomic E-state index is 0.0402. The zero-order valence-corrected chi connectivity index (χ0v) is 15.1. The summed E-state index contributed by atoms with van der Waals surface area (Å²) in [6.45, 7) is 2.58. The number of pyridine rings is 1. The Hall–Kier alpha value is -2.28. The molecule has 2 rings (SSSR count). The van der Waals surface area contributed by atoms with E-state index in [9.17, 15) is 13.2 Å². The molecule has 8 heteroatoms. The van der Waals surface area contributed by atoms with Crippen molar-refractivity contribution in [2.24, 2.45) is 0 Å². The number of aromatic nitrogens is 1. The van der Waals surface area contributed by atoms with Crippen molar-refractivity contribution in [2.75, 3.05) is 6.61 Å². The summed E-state index contributed by atoms with van der Waals surface area (Å²) < 4.78 is 41.3. The van der Waals surface area contributed by atoms with E-state index in [0.29, 0.717) is 34.8 Å². The molecule has 0 unspecified atom stereocenters. The van der Waals surface area contributed by atoms with Crippen LogP contribution in [0.2, 0.25) is 0 Å². The van der Waals surface area contributed by atoms with Gasteiger partial charge in [0.1, 0.15) is 0 Å². The van der Waals surface area contributed by atoms with Gasteiger partial charge in [-0.05, 0) is 38.0 Å². The molecule has 1 aliphatic carbocycles. The summed E-state index contributed by atoms with van der Waals surface area (Å²) in [5.41, 5.74) is 3.23. The number of hydrogen-bond donors (Lipinski definition) is 2. The van der Waals surface area contributed by atoms with Crippen LogP contribution in [0.25, 0.3) is 0 Å². The molecule has 0 saturated heterocycles. The van der Waals surface area contributed by atoms with Crippen molar-refractivity contribution in [3.05, 3.63) is 57.9 Å². The Morgan fingerprint density at radius 3 is 2.77 bits per heavy atom. The molecular formula is C18H19ClF3N3O. The second kappa shape index (κ2) is 8.40. The van der Waals surface area contributed by atoms with E-state index in [4.69, 9.17) is 17.0 Å². The average Bonchev–Trinajstić information content (AvgIpc) is 2.65. The number of hydrogen-bond acceptors (Lipinski definition) is 4. The van der Waals surface area contributed by atoms with Gasteiger partial charge < -0.3 is 15.5 Å². The molecular weight excluding hydrogens is 367 g/mol. The Morgan fingerprint density at radius 1 is 1.38 bits per heavy atom. The van der Waals surface area contributed by atoms with Gasteiger partial charge in [-0.15, -0.1) is 0 Å². The van der Waals surface area contributed by atoms with Gasteiger partial charge in [-0.3, -0.25) is 0 Å². The first-order chi connectivity index (χ1) is 12.2. The third kappa shape index (κ3) is 5.91. The Labute approximate surface area is 154 Å². The van der Waals surface area contributed by atoms with Crippen LogP contribution in [0.1, 0.15) is 24.5 Å².